The third kappa shape index (κ3) is 1.64. The highest BCUT2D eigenvalue weighted by Gasteiger charge is 2.14. The van der Waals surface area contributed by atoms with Crippen molar-refractivity contribution in [3.8, 4) is 0 Å². The van der Waals surface area contributed by atoms with Crippen LogP contribution in [0.1, 0.15) is 19.8 Å². The van der Waals surface area contributed by atoms with Gasteiger partial charge in [0.25, 0.3) is 0 Å². The Labute approximate surface area is 71.9 Å². The topological polar surface area (TPSA) is 37.3 Å². The highest BCUT2D eigenvalue weighted by molar-refractivity contribution is 5.89. The fraction of sp³-hybridized carbons (Fsp3) is 0.300. The van der Waals surface area contributed by atoms with Gasteiger partial charge in [-0.3, -0.25) is 0 Å². The van der Waals surface area contributed by atoms with Crippen molar-refractivity contribution in [2.45, 2.75) is 19.8 Å². The number of aliphatic carboxylic acids is 1. The summed E-state index contributed by atoms with van der Waals surface area (Å²) >= 11 is 0. The van der Waals surface area contributed by atoms with E-state index in [-0.39, 0.29) is 0 Å². The molecule has 1 rings (SSSR count). The van der Waals surface area contributed by atoms with Crippen molar-refractivity contribution >= 4 is 5.97 Å². The lowest BCUT2D eigenvalue weighted by Crippen LogP contribution is -2.06. The first kappa shape index (κ1) is 8.78. The van der Waals surface area contributed by atoms with Crippen molar-refractivity contribution in [3.63, 3.8) is 0 Å². The van der Waals surface area contributed by atoms with Crippen LogP contribution in [0, 0.1) is 0 Å². The maximum absolute atomic E-state index is 10.7. The van der Waals surface area contributed by atoms with Crippen LogP contribution in [0.3, 0.4) is 0 Å². The Morgan fingerprint density at radius 3 is 2.75 bits per heavy atom. The third-order valence-electron chi connectivity index (χ3n) is 1.89. The maximum atomic E-state index is 10.7. The lowest BCUT2D eigenvalue weighted by molar-refractivity contribution is -0.132. The number of hydrogen-bond acceptors (Lipinski definition) is 1. The standard InChI is InChI=1S/C10H12O2/c1-7(2)8-5-3-4-6-9(8)10(11)12/h3,5H,1,4,6H2,2H3,(H,11,12). The lowest BCUT2D eigenvalue weighted by atomic mass is 9.94. The Morgan fingerprint density at radius 2 is 2.33 bits per heavy atom. The van der Waals surface area contributed by atoms with Gasteiger partial charge in [-0.25, -0.2) is 4.79 Å². The minimum Gasteiger partial charge on any atom is -0.478 e. The van der Waals surface area contributed by atoms with Gasteiger partial charge in [0, 0.05) is 5.57 Å². The van der Waals surface area contributed by atoms with Crippen LogP contribution in [-0.2, 0) is 4.79 Å². The van der Waals surface area contributed by atoms with Crippen molar-refractivity contribution < 1.29 is 9.90 Å². The fourth-order valence-corrected chi connectivity index (χ4v) is 1.29. The van der Waals surface area contributed by atoms with Gasteiger partial charge in [-0.1, -0.05) is 24.3 Å². The molecule has 1 aliphatic carbocycles. The molecule has 0 atom stereocenters. The normalized spacial score (nSPS) is 16.4. The molecule has 1 N–H and O–H groups in total. The molecule has 2 nitrogen and oxygen atoms in total. The van der Waals surface area contributed by atoms with Crippen molar-refractivity contribution in [2.75, 3.05) is 0 Å². The summed E-state index contributed by atoms with van der Waals surface area (Å²) in [5.41, 5.74) is 2.10. The van der Waals surface area contributed by atoms with E-state index in [2.05, 4.69) is 6.58 Å². The van der Waals surface area contributed by atoms with Crippen molar-refractivity contribution in [2.24, 2.45) is 0 Å². The average Bonchev–Trinajstić information content (AvgIpc) is 2.04. The maximum Gasteiger partial charge on any atom is 0.332 e. The van der Waals surface area contributed by atoms with E-state index < -0.39 is 5.97 Å². The molecule has 0 unspecified atom stereocenters. The predicted molar refractivity (Wildman–Crippen MR) is 47.8 cm³/mol. The van der Waals surface area contributed by atoms with Crippen LogP contribution in [0.15, 0.2) is 35.5 Å². The SMILES string of the molecule is C=C(C)C1=C(C(=O)O)CCC=C1. The Bertz CT molecular complexity index is 282. The summed E-state index contributed by atoms with van der Waals surface area (Å²) in [6, 6.07) is 0. The molecule has 1 aliphatic rings. The van der Waals surface area contributed by atoms with Gasteiger partial charge in [0.2, 0.25) is 0 Å². The fourth-order valence-electron chi connectivity index (χ4n) is 1.29. The van der Waals surface area contributed by atoms with Gasteiger partial charge in [0.1, 0.15) is 0 Å². The molecule has 0 fully saturated rings. The van der Waals surface area contributed by atoms with Crippen LogP contribution in [0.25, 0.3) is 0 Å². The highest BCUT2D eigenvalue weighted by Crippen LogP contribution is 2.23. The van der Waals surface area contributed by atoms with Crippen LogP contribution in [-0.4, -0.2) is 11.1 Å². The van der Waals surface area contributed by atoms with Gasteiger partial charge in [0.05, 0.1) is 0 Å². The molecule has 2 heteroatoms. The molecule has 0 aliphatic heterocycles. The van der Waals surface area contributed by atoms with E-state index in [1.165, 1.54) is 0 Å². The van der Waals surface area contributed by atoms with Crippen LogP contribution < -0.4 is 0 Å². The summed E-state index contributed by atoms with van der Waals surface area (Å²) in [6.45, 7) is 5.57. The Balaban J connectivity index is 3.08. The molecule has 64 valence electrons. The smallest absolute Gasteiger partial charge is 0.332 e. The zero-order chi connectivity index (χ0) is 9.14. The third-order valence-corrected chi connectivity index (χ3v) is 1.89. The van der Waals surface area contributed by atoms with E-state index in [4.69, 9.17) is 5.11 Å². The molecular formula is C10H12O2. The van der Waals surface area contributed by atoms with Gasteiger partial charge in [0.15, 0.2) is 0 Å². The summed E-state index contributed by atoms with van der Waals surface area (Å²) in [4.78, 5) is 10.7. The molecule has 0 aromatic rings. The lowest BCUT2D eigenvalue weighted by Gasteiger charge is -2.11. The van der Waals surface area contributed by atoms with E-state index in [0.29, 0.717) is 12.0 Å². The molecule has 0 bridgehead atoms. The van der Waals surface area contributed by atoms with E-state index in [0.717, 1.165) is 17.6 Å². The molecule has 12 heavy (non-hydrogen) atoms. The number of carboxylic acid groups (broad SMARTS) is 1. The molecule has 0 saturated carbocycles. The Morgan fingerprint density at radius 1 is 1.67 bits per heavy atom. The first-order valence-electron chi connectivity index (χ1n) is 3.92. The number of carboxylic acids is 1. The van der Waals surface area contributed by atoms with Crippen LogP contribution in [0.2, 0.25) is 0 Å². The predicted octanol–water partition coefficient (Wildman–Crippen LogP) is 2.29. The number of carbonyl (C=O) groups is 1. The molecular weight excluding hydrogens is 152 g/mol. The summed E-state index contributed by atoms with van der Waals surface area (Å²) in [5.74, 6) is -0.822. The molecule has 0 amide bonds. The second kappa shape index (κ2) is 3.39. The molecule has 0 aromatic heterocycles. The van der Waals surface area contributed by atoms with Gasteiger partial charge in [-0.05, 0) is 25.3 Å². The number of hydrogen-bond donors (Lipinski definition) is 1. The first-order valence-corrected chi connectivity index (χ1v) is 3.92. The van der Waals surface area contributed by atoms with Gasteiger partial charge in [-0.2, -0.15) is 0 Å². The van der Waals surface area contributed by atoms with Crippen molar-refractivity contribution in [1.29, 1.82) is 0 Å². The second-order valence-electron chi connectivity index (χ2n) is 2.92. The average molecular weight is 164 g/mol. The van der Waals surface area contributed by atoms with Crippen LogP contribution in [0.5, 0.6) is 0 Å². The van der Waals surface area contributed by atoms with Crippen LogP contribution in [0.4, 0.5) is 0 Å². The zero-order valence-corrected chi connectivity index (χ0v) is 7.13. The summed E-state index contributed by atoms with van der Waals surface area (Å²) in [5, 5.41) is 8.82. The van der Waals surface area contributed by atoms with Gasteiger partial charge >= 0.3 is 5.97 Å². The first-order chi connectivity index (χ1) is 5.63. The largest absolute Gasteiger partial charge is 0.478 e. The quantitative estimate of drug-likeness (QED) is 0.679. The van der Waals surface area contributed by atoms with Crippen molar-refractivity contribution in [1.82, 2.24) is 0 Å². The molecule has 0 aromatic carbocycles. The van der Waals surface area contributed by atoms with E-state index in [9.17, 15) is 4.79 Å². The van der Waals surface area contributed by atoms with Gasteiger partial charge in [-0.15, -0.1) is 0 Å². The van der Waals surface area contributed by atoms with Crippen molar-refractivity contribution in [3.05, 3.63) is 35.5 Å². The monoisotopic (exact) mass is 164 g/mol. The van der Waals surface area contributed by atoms with E-state index in [1.54, 1.807) is 0 Å². The van der Waals surface area contributed by atoms with Gasteiger partial charge < -0.3 is 5.11 Å². The molecule has 0 radical (unpaired) electrons. The molecule has 0 saturated heterocycles. The Kier molecular flexibility index (Phi) is 2.48. The number of rotatable bonds is 2. The van der Waals surface area contributed by atoms with Crippen LogP contribution >= 0.6 is 0 Å². The molecule has 0 heterocycles. The Hall–Kier alpha value is -1.31. The molecule has 0 spiro atoms. The zero-order valence-electron chi connectivity index (χ0n) is 7.13. The summed E-state index contributed by atoms with van der Waals surface area (Å²) in [6.07, 6.45) is 5.26. The van der Waals surface area contributed by atoms with E-state index >= 15 is 0 Å². The highest BCUT2D eigenvalue weighted by atomic mass is 16.4. The number of allylic oxidation sites excluding steroid dienone is 4. The summed E-state index contributed by atoms with van der Waals surface area (Å²) in [7, 11) is 0. The van der Waals surface area contributed by atoms with E-state index in [1.807, 2.05) is 19.1 Å². The summed E-state index contributed by atoms with van der Waals surface area (Å²) < 4.78 is 0. The second-order valence-corrected chi connectivity index (χ2v) is 2.92. The minimum atomic E-state index is -0.822. The minimum absolute atomic E-state index is 0.491.